The van der Waals surface area contributed by atoms with Crippen LogP contribution in [-0.2, 0) is 0 Å². The van der Waals surface area contributed by atoms with Crippen molar-refractivity contribution in [2.45, 2.75) is 20.3 Å². The van der Waals surface area contributed by atoms with Gasteiger partial charge in [-0.05, 0) is 37.1 Å². The molecule has 0 saturated heterocycles. The third-order valence-electron chi connectivity index (χ3n) is 2.38. The van der Waals surface area contributed by atoms with Gasteiger partial charge in [-0.25, -0.2) is 4.39 Å². The topological polar surface area (TPSA) is 51.0 Å². The quantitative estimate of drug-likeness (QED) is 0.885. The average Bonchev–Trinajstić information content (AvgIpc) is 2.75. The van der Waals surface area contributed by atoms with Crippen LogP contribution >= 0.6 is 0 Å². The number of rotatable bonds is 4. The number of benzene rings is 1. The average molecular weight is 235 g/mol. The molecule has 0 aliphatic heterocycles. The maximum Gasteiger partial charge on any atom is 0.321 e. The van der Waals surface area contributed by atoms with Crippen molar-refractivity contribution < 1.29 is 8.91 Å². The fourth-order valence-corrected chi connectivity index (χ4v) is 1.51. The molecule has 1 N–H and O–H groups in total. The van der Waals surface area contributed by atoms with E-state index in [4.69, 9.17) is 4.52 Å². The lowest BCUT2D eigenvalue weighted by molar-refractivity contribution is 0.432. The van der Waals surface area contributed by atoms with Gasteiger partial charge in [-0.1, -0.05) is 12.1 Å². The van der Waals surface area contributed by atoms with Crippen LogP contribution < -0.4 is 5.32 Å². The lowest BCUT2D eigenvalue weighted by atomic mass is 10.1. The second kappa shape index (κ2) is 4.95. The second-order valence-electron chi connectivity index (χ2n) is 3.81. The van der Waals surface area contributed by atoms with Crippen LogP contribution in [0, 0.1) is 12.7 Å². The Bertz CT molecular complexity index is 510. The first-order valence-corrected chi connectivity index (χ1v) is 5.55. The van der Waals surface area contributed by atoms with Crippen LogP contribution in [-0.4, -0.2) is 16.7 Å². The van der Waals surface area contributed by atoms with E-state index < -0.39 is 0 Å². The van der Waals surface area contributed by atoms with Gasteiger partial charge in [0.25, 0.3) is 0 Å². The summed E-state index contributed by atoms with van der Waals surface area (Å²) in [6.07, 6.45) is 0.979. The summed E-state index contributed by atoms with van der Waals surface area (Å²) in [5, 5.41) is 6.86. The molecule has 0 fully saturated rings. The molecule has 17 heavy (non-hydrogen) atoms. The number of aromatic nitrogens is 2. The predicted molar refractivity (Wildman–Crippen MR) is 63.2 cm³/mol. The van der Waals surface area contributed by atoms with Gasteiger partial charge in [0.15, 0.2) is 0 Å². The second-order valence-corrected chi connectivity index (χ2v) is 3.81. The van der Waals surface area contributed by atoms with Gasteiger partial charge in [0.2, 0.25) is 5.82 Å². The van der Waals surface area contributed by atoms with E-state index >= 15 is 0 Å². The third-order valence-corrected chi connectivity index (χ3v) is 2.38. The van der Waals surface area contributed by atoms with Crippen molar-refractivity contribution in [3.8, 4) is 11.4 Å². The third kappa shape index (κ3) is 2.61. The van der Waals surface area contributed by atoms with E-state index in [2.05, 4.69) is 22.4 Å². The molecule has 1 aromatic carbocycles. The zero-order valence-electron chi connectivity index (χ0n) is 9.83. The van der Waals surface area contributed by atoms with Crippen molar-refractivity contribution in [3.63, 3.8) is 0 Å². The van der Waals surface area contributed by atoms with Crippen molar-refractivity contribution in [2.75, 3.05) is 11.9 Å². The van der Waals surface area contributed by atoms with Crippen molar-refractivity contribution >= 4 is 6.01 Å². The molecule has 0 amide bonds. The summed E-state index contributed by atoms with van der Waals surface area (Å²) in [6.45, 7) is 4.65. The molecule has 2 rings (SSSR count). The van der Waals surface area contributed by atoms with Gasteiger partial charge in [-0.15, -0.1) is 0 Å². The Hall–Kier alpha value is -1.91. The lowest BCUT2D eigenvalue weighted by Gasteiger charge is -1.99. The van der Waals surface area contributed by atoms with E-state index in [0.717, 1.165) is 24.1 Å². The Kier molecular flexibility index (Phi) is 3.37. The fourth-order valence-electron chi connectivity index (χ4n) is 1.51. The fraction of sp³-hybridized carbons (Fsp3) is 0.333. The number of nitrogens with zero attached hydrogens (tertiary/aromatic N) is 2. The Morgan fingerprint density at radius 3 is 2.94 bits per heavy atom. The van der Waals surface area contributed by atoms with Crippen molar-refractivity contribution in [1.82, 2.24) is 10.1 Å². The number of aryl methyl sites for hydroxylation is 1. The Morgan fingerprint density at radius 2 is 2.24 bits per heavy atom. The summed E-state index contributed by atoms with van der Waals surface area (Å²) in [5.41, 5.74) is 1.56. The summed E-state index contributed by atoms with van der Waals surface area (Å²) in [7, 11) is 0. The first kappa shape index (κ1) is 11.6. The van der Waals surface area contributed by atoms with Crippen LogP contribution in [0.15, 0.2) is 22.7 Å². The molecule has 1 heterocycles. The van der Waals surface area contributed by atoms with E-state index in [9.17, 15) is 4.39 Å². The van der Waals surface area contributed by atoms with Gasteiger partial charge in [0.05, 0.1) is 0 Å². The van der Waals surface area contributed by atoms with Crippen molar-refractivity contribution in [3.05, 3.63) is 29.6 Å². The highest BCUT2D eigenvalue weighted by Crippen LogP contribution is 2.22. The van der Waals surface area contributed by atoms with Crippen LogP contribution in [0.1, 0.15) is 18.9 Å². The molecule has 1 aromatic heterocycles. The number of halogens is 1. The number of nitrogens with one attached hydrogen (secondary N) is 1. The van der Waals surface area contributed by atoms with E-state index in [0.29, 0.717) is 11.8 Å². The molecule has 0 radical (unpaired) electrons. The van der Waals surface area contributed by atoms with E-state index in [-0.39, 0.29) is 5.82 Å². The molecule has 90 valence electrons. The van der Waals surface area contributed by atoms with Crippen LogP contribution in [0.3, 0.4) is 0 Å². The maximum atomic E-state index is 13.0. The van der Waals surface area contributed by atoms with Gasteiger partial charge < -0.3 is 9.84 Å². The molecule has 2 aromatic rings. The van der Waals surface area contributed by atoms with Crippen molar-refractivity contribution in [2.24, 2.45) is 0 Å². The standard InChI is InChI=1S/C12H14FN3O/c1-3-6-14-12-15-11(16-17-12)10-5-4-9(13)7-8(10)2/h4-5,7H,3,6H2,1-2H3,(H,14,15,16). The highest BCUT2D eigenvalue weighted by atomic mass is 19.1. The Balaban J connectivity index is 2.24. The van der Waals surface area contributed by atoms with Crippen LogP contribution in [0.5, 0.6) is 0 Å². The molecule has 0 atom stereocenters. The van der Waals surface area contributed by atoms with Crippen LogP contribution in [0.2, 0.25) is 0 Å². The summed E-state index contributed by atoms with van der Waals surface area (Å²) in [5.74, 6) is 0.208. The minimum absolute atomic E-state index is 0.265. The molecule has 0 saturated carbocycles. The number of anilines is 1. The minimum atomic E-state index is -0.265. The zero-order chi connectivity index (χ0) is 12.3. The molecular weight excluding hydrogens is 221 g/mol. The summed E-state index contributed by atoms with van der Waals surface area (Å²) in [6, 6.07) is 4.88. The van der Waals surface area contributed by atoms with Gasteiger partial charge in [-0.3, -0.25) is 0 Å². The van der Waals surface area contributed by atoms with Crippen LogP contribution in [0.25, 0.3) is 11.4 Å². The monoisotopic (exact) mass is 235 g/mol. The van der Waals surface area contributed by atoms with Crippen LogP contribution in [0.4, 0.5) is 10.4 Å². The summed E-state index contributed by atoms with van der Waals surface area (Å²) >= 11 is 0. The van der Waals surface area contributed by atoms with Gasteiger partial charge >= 0.3 is 6.01 Å². The van der Waals surface area contributed by atoms with E-state index in [1.807, 2.05) is 6.92 Å². The molecule has 0 bridgehead atoms. The van der Waals surface area contributed by atoms with Gasteiger partial charge in [0, 0.05) is 12.1 Å². The molecule has 5 heteroatoms. The Morgan fingerprint density at radius 1 is 1.41 bits per heavy atom. The van der Waals surface area contributed by atoms with Gasteiger partial charge in [0.1, 0.15) is 5.82 Å². The highest BCUT2D eigenvalue weighted by Gasteiger charge is 2.10. The lowest BCUT2D eigenvalue weighted by Crippen LogP contribution is -1.99. The molecule has 0 spiro atoms. The maximum absolute atomic E-state index is 13.0. The van der Waals surface area contributed by atoms with E-state index in [1.165, 1.54) is 12.1 Å². The highest BCUT2D eigenvalue weighted by molar-refractivity contribution is 5.60. The first-order chi connectivity index (χ1) is 8.20. The predicted octanol–water partition coefficient (Wildman–Crippen LogP) is 3.01. The summed E-state index contributed by atoms with van der Waals surface area (Å²) in [4.78, 5) is 4.20. The molecule has 0 aliphatic rings. The molecule has 0 unspecified atom stereocenters. The van der Waals surface area contributed by atoms with Crippen molar-refractivity contribution in [1.29, 1.82) is 0 Å². The van der Waals surface area contributed by atoms with E-state index in [1.54, 1.807) is 6.07 Å². The molecule has 4 nitrogen and oxygen atoms in total. The number of hydrogen-bond donors (Lipinski definition) is 1. The Labute approximate surface area is 98.8 Å². The molecule has 0 aliphatic carbocycles. The summed E-state index contributed by atoms with van der Waals surface area (Å²) < 4.78 is 18.0. The van der Waals surface area contributed by atoms with Gasteiger partial charge in [-0.2, -0.15) is 4.98 Å². The minimum Gasteiger partial charge on any atom is -0.338 e. The zero-order valence-corrected chi connectivity index (χ0v) is 9.83. The SMILES string of the molecule is CCCNc1nc(-c2ccc(F)cc2C)no1. The first-order valence-electron chi connectivity index (χ1n) is 5.55. The molecular formula is C12H14FN3O. The number of hydrogen-bond acceptors (Lipinski definition) is 4. The largest absolute Gasteiger partial charge is 0.338 e. The normalized spacial score (nSPS) is 10.5. The smallest absolute Gasteiger partial charge is 0.321 e.